The fraction of sp³-hybridized carbons (Fsp3) is 0.467. The van der Waals surface area contributed by atoms with E-state index in [0.29, 0.717) is 6.54 Å². The third kappa shape index (κ3) is 2.22. The largest absolute Gasteiger partial charge is 0.382 e. The van der Waals surface area contributed by atoms with Crippen molar-refractivity contribution in [2.75, 3.05) is 12.3 Å². The van der Waals surface area contributed by atoms with Gasteiger partial charge in [0.2, 0.25) is 0 Å². The number of nitrogens with two attached hydrogens (primary N) is 1. The average Bonchev–Trinajstić information content (AvgIpc) is 3.04. The van der Waals surface area contributed by atoms with E-state index in [9.17, 15) is 4.79 Å². The lowest BCUT2D eigenvalue weighted by molar-refractivity contribution is 0.0730. The molecule has 22 heavy (non-hydrogen) atoms. The van der Waals surface area contributed by atoms with Crippen molar-refractivity contribution in [1.29, 1.82) is 0 Å². The first-order valence-electron chi connectivity index (χ1n) is 7.38. The minimum absolute atomic E-state index is 0.0302. The Labute approximate surface area is 129 Å². The number of hydrogen-bond acceptors (Lipinski definition) is 5. The molecule has 1 saturated heterocycles. The molecule has 1 aliphatic heterocycles. The summed E-state index contributed by atoms with van der Waals surface area (Å²) in [7, 11) is 1.92. The van der Waals surface area contributed by atoms with Gasteiger partial charge in [-0.2, -0.15) is 5.10 Å². The highest BCUT2D eigenvalue weighted by molar-refractivity contribution is 5.96. The third-order valence-corrected chi connectivity index (χ3v) is 4.34. The SMILES string of the molecule is Cc1nn(C)c(C)c1C1CCCN1C(=O)c1nccnc1N. The minimum Gasteiger partial charge on any atom is -0.382 e. The summed E-state index contributed by atoms with van der Waals surface area (Å²) in [6.45, 7) is 4.72. The van der Waals surface area contributed by atoms with Crippen molar-refractivity contribution in [3.05, 3.63) is 35.0 Å². The first-order valence-corrected chi connectivity index (χ1v) is 7.38. The molecule has 1 amide bonds. The summed E-state index contributed by atoms with van der Waals surface area (Å²) in [6, 6.07) is 0.0302. The van der Waals surface area contributed by atoms with Gasteiger partial charge >= 0.3 is 0 Å². The molecule has 0 aliphatic carbocycles. The van der Waals surface area contributed by atoms with Crippen LogP contribution in [-0.4, -0.2) is 37.1 Å². The summed E-state index contributed by atoms with van der Waals surface area (Å²) in [4.78, 5) is 22.7. The maximum absolute atomic E-state index is 12.8. The standard InChI is InChI=1S/C15H20N6O/c1-9-12(10(2)20(3)19-9)11-5-4-8-21(11)15(22)13-14(16)18-7-6-17-13/h6-7,11H,4-5,8H2,1-3H3,(H2,16,18). The van der Waals surface area contributed by atoms with Gasteiger partial charge in [-0.1, -0.05) is 0 Å². The van der Waals surface area contributed by atoms with Gasteiger partial charge in [0.05, 0.1) is 11.7 Å². The lowest BCUT2D eigenvalue weighted by Gasteiger charge is -2.25. The minimum atomic E-state index is -0.157. The van der Waals surface area contributed by atoms with Crippen molar-refractivity contribution < 1.29 is 4.79 Å². The summed E-state index contributed by atoms with van der Waals surface area (Å²) < 4.78 is 1.86. The number of aryl methyl sites for hydroxylation is 2. The fourth-order valence-corrected chi connectivity index (χ4v) is 3.23. The predicted molar refractivity (Wildman–Crippen MR) is 82.1 cm³/mol. The number of anilines is 1. The Hall–Kier alpha value is -2.44. The Bertz CT molecular complexity index is 723. The third-order valence-electron chi connectivity index (χ3n) is 4.34. The van der Waals surface area contributed by atoms with E-state index in [2.05, 4.69) is 15.1 Å². The van der Waals surface area contributed by atoms with E-state index in [1.807, 2.05) is 30.5 Å². The van der Waals surface area contributed by atoms with E-state index in [0.717, 1.165) is 29.8 Å². The Kier molecular flexibility index (Phi) is 3.56. The maximum Gasteiger partial charge on any atom is 0.276 e. The molecule has 2 N–H and O–H groups in total. The van der Waals surface area contributed by atoms with E-state index >= 15 is 0 Å². The molecule has 2 aromatic heterocycles. The molecule has 0 spiro atoms. The van der Waals surface area contributed by atoms with Crippen molar-refractivity contribution in [2.45, 2.75) is 32.7 Å². The summed E-state index contributed by atoms with van der Waals surface area (Å²) >= 11 is 0. The average molecular weight is 300 g/mol. The summed E-state index contributed by atoms with van der Waals surface area (Å²) in [5.41, 5.74) is 9.23. The van der Waals surface area contributed by atoms with Crippen molar-refractivity contribution in [3.63, 3.8) is 0 Å². The van der Waals surface area contributed by atoms with Crippen LogP contribution < -0.4 is 5.73 Å². The molecule has 7 heteroatoms. The number of rotatable bonds is 2. The van der Waals surface area contributed by atoms with Gasteiger partial charge in [0.15, 0.2) is 11.5 Å². The second kappa shape index (κ2) is 5.40. The lowest BCUT2D eigenvalue weighted by atomic mass is 10.0. The highest BCUT2D eigenvalue weighted by Gasteiger charge is 2.35. The topological polar surface area (TPSA) is 89.9 Å². The molecule has 0 radical (unpaired) electrons. The molecular formula is C15H20N6O. The maximum atomic E-state index is 12.8. The number of amides is 1. The van der Waals surface area contributed by atoms with Crippen molar-refractivity contribution >= 4 is 11.7 Å². The predicted octanol–water partition coefficient (Wildman–Crippen LogP) is 1.39. The van der Waals surface area contributed by atoms with Crippen LogP contribution in [0.5, 0.6) is 0 Å². The van der Waals surface area contributed by atoms with E-state index < -0.39 is 0 Å². The first-order chi connectivity index (χ1) is 10.5. The molecular weight excluding hydrogens is 280 g/mol. The van der Waals surface area contributed by atoms with Gasteiger partial charge in [-0.15, -0.1) is 0 Å². The number of nitrogens with zero attached hydrogens (tertiary/aromatic N) is 5. The molecule has 1 aliphatic rings. The molecule has 1 atom stereocenters. The number of aromatic nitrogens is 4. The molecule has 3 rings (SSSR count). The number of carbonyl (C=O) groups excluding carboxylic acids is 1. The van der Waals surface area contributed by atoms with E-state index in [1.54, 1.807) is 0 Å². The Morgan fingerprint density at radius 1 is 1.32 bits per heavy atom. The van der Waals surface area contributed by atoms with Crippen LogP contribution in [-0.2, 0) is 7.05 Å². The normalized spacial score (nSPS) is 18.0. The molecule has 0 saturated carbocycles. The van der Waals surface area contributed by atoms with Gasteiger partial charge in [-0.05, 0) is 26.7 Å². The fourth-order valence-electron chi connectivity index (χ4n) is 3.23. The van der Waals surface area contributed by atoms with Crippen LogP contribution in [0.2, 0.25) is 0 Å². The molecule has 1 fully saturated rings. The van der Waals surface area contributed by atoms with E-state index in [1.165, 1.54) is 12.4 Å². The van der Waals surface area contributed by atoms with Gasteiger partial charge < -0.3 is 10.6 Å². The van der Waals surface area contributed by atoms with Crippen molar-refractivity contribution in [3.8, 4) is 0 Å². The highest BCUT2D eigenvalue weighted by Crippen LogP contribution is 2.36. The Morgan fingerprint density at radius 2 is 2.05 bits per heavy atom. The van der Waals surface area contributed by atoms with Crippen molar-refractivity contribution in [2.24, 2.45) is 7.05 Å². The molecule has 116 valence electrons. The van der Waals surface area contributed by atoms with E-state index in [4.69, 9.17) is 5.73 Å². The zero-order valence-electron chi connectivity index (χ0n) is 13.1. The Balaban J connectivity index is 1.97. The van der Waals surface area contributed by atoms with Gasteiger partial charge in [0, 0.05) is 37.2 Å². The van der Waals surface area contributed by atoms with Crippen LogP contribution in [0.4, 0.5) is 5.82 Å². The summed E-state index contributed by atoms with van der Waals surface area (Å²) in [5.74, 6) is 0.0218. The highest BCUT2D eigenvalue weighted by atomic mass is 16.2. The molecule has 7 nitrogen and oxygen atoms in total. The molecule has 2 aromatic rings. The number of nitrogen functional groups attached to an aromatic ring is 1. The van der Waals surface area contributed by atoms with Crippen LogP contribution in [0, 0.1) is 13.8 Å². The van der Waals surface area contributed by atoms with Gasteiger partial charge in [-0.25, -0.2) is 9.97 Å². The number of carbonyl (C=O) groups is 1. The molecule has 0 aromatic carbocycles. The zero-order chi connectivity index (χ0) is 15.9. The van der Waals surface area contributed by atoms with Crippen LogP contribution >= 0.6 is 0 Å². The molecule has 0 bridgehead atoms. The number of hydrogen-bond donors (Lipinski definition) is 1. The smallest absolute Gasteiger partial charge is 0.276 e. The van der Waals surface area contributed by atoms with Crippen LogP contribution in [0.15, 0.2) is 12.4 Å². The number of likely N-dealkylation sites (tertiary alicyclic amines) is 1. The summed E-state index contributed by atoms with van der Waals surface area (Å²) in [6.07, 6.45) is 4.88. The molecule has 3 heterocycles. The van der Waals surface area contributed by atoms with Crippen LogP contribution in [0.3, 0.4) is 0 Å². The second-order valence-electron chi connectivity index (χ2n) is 5.65. The molecule has 1 unspecified atom stereocenters. The van der Waals surface area contributed by atoms with Gasteiger partial charge in [0.1, 0.15) is 0 Å². The van der Waals surface area contributed by atoms with E-state index in [-0.39, 0.29) is 23.5 Å². The quantitative estimate of drug-likeness (QED) is 0.905. The van der Waals surface area contributed by atoms with Gasteiger partial charge in [-0.3, -0.25) is 9.48 Å². The monoisotopic (exact) mass is 300 g/mol. The zero-order valence-corrected chi connectivity index (χ0v) is 13.1. The van der Waals surface area contributed by atoms with Gasteiger partial charge in [0.25, 0.3) is 5.91 Å². The van der Waals surface area contributed by atoms with Crippen LogP contribution in [0.1, 0.15) is 46.3 Å². The first kappa shape index (κ1) is 14.5. The second-order valence-corrected chi connectivity index (χ2v) is 5.65. The lowest BCUT2D eigenvalue weighted by Crippen LogP contribution is -2.32. The Morgan fingerprint density at radius 3 is 2.68 bits per heavy atom. The van der Waals surface area contributed by atoms with Crippen molar-refractivity contribution in [1.82, 2.24) is 24.6 Å². The van der Waals surface area contributed by atoms with Crippen LogP contribution in [0.25, 0.3) is 0 Å². The summed E-state index contributed by atoms with van der Waals surface area (Å²) in [5, 5.41) is 4.47.